The van der Waals surface area contributed by atoms with Gasteiger partial charge in [0.05, 0.1) is 0 Å². The highest BCUT2D eigenvalue weighted by Crippen LogP contribution is 2.12. The van der Waals surface area contributed by atoms with Gasteiger partial charge in [0.25, 0.3) is 0 Å². The number of benzene rings is 1. The summed E-state index contributed by atoms with van der Waals surface area (Å²) in [5, 5.41) is 0. The summed E-state index contributed by atoms with van der Waals surface area (Å²) in [6.07, 6.45) is 4.04. The van der Waals surface area contributed by atoms with Crippen LogP contribution >= 0.6 is 15.9 Å². The van der Waals surface area contributed by atoms with Gasteiger partial charge in [0.15, 0.2) is 6.17 Å². The van der Waals surface area contributed by atoms with Gasteiger partial charge in [-0.2, -0.15) is 0 Å². The Hall–Kier alpha value is -0.810. The third-order valence-corrected chi connectivity index (χ3v) is 2.04. The number of terminal acetylenes is 1. The van der Waals surface area contributed by atoms with Gasteiger partial charge in [-0.05, 0) is 17.7 Å². The fourth-order valence-corrected chi connectivity index (χ4v) is 1.15. The zero-order chi connectivity index (χ0) is 8.97. The second kappa shape index (κ2) is 4.27. The maximum atomic E-state index is 12.7. The molecule has 0 spiro atoms. The number of halogens is 2. The van der Waals surface area contributed by atoms with E-state index in [9.17, 15) is 4.39 Å². The quantitative estimate of drug-likeness (QED) is 0.681. The normalized spacial score (nSPS) is 12.1. The van der Waals surface area contributed by atoms with E-state index in [1.54, 1.807) is 0 Å². The molecule has 0 aromatic heterocycles. The highest BCUT2D eigenvalue weighted by molar-refractivity contribution is 9.10. The second-order valence-corrected chi connectivity index (χ2v) is 3.38. The van der Waals surface area contributed by atoms with Gasteiger partial charge >= 0.3 is 0 Å². The average Bonchev–Trinajstić information content (AvgIpc) is 2.09. The summed E-state index contributed by atoms with van der Waals surface area (Å²) in [6.45, 7) is 0. The van der Waals surface area contributed by atoms with Gasteiger partial charge in [-0.15, -0.1) is 6.42 Å². The Morgan fingerprint density at radius 3 is 2.50 bits per heavy atom. The first-order chi connectivity index (χ1) is 5.72. The van der Waals surface area contributed by atoms with Gasteiger partial charge in [0.2, 0.25) is 0 Å². The van der Waals surface area contributed by atoms with Crippen molar-refractivity contribution in [2.24, 2.45) is 0 Å². The van der Waals surface area contributed by atoms with E-state index in [4.69, 9.17) is 6.42 Å². The predicted octanol–water partition coefficient (Wildman–Crippen LogP) is 2.96. The Morgan fingerprint density at radius 2 is 2.00 bits per heavy atom. The minimum absolute atomic E-state index is 0.295. The van der Waals surface area contributed by atoms with E-state index >= 15 is 0 Å². The molecule has 2 heteroatoms. The standard InChI is InChI=1S/C10H8BrF/c1-2-10(12)7-8-3-5-9(11)6-4-8/h1,3-6,10H,7H2/t10-/m1/s1. The highest BCUT2D eigenvalue weighted by atomic mass is 79.9. The van der Waals surface area contributed by atoms with Crippen LogP contribution in [0.2, 0.25) is 0 Å². The number of hydrogen-bond donors (Lipinski definition) is 0. The van der Waals surface area contributed by atoms with Crippen LogP contribution in [0.15, 0.2) is 28.7 Å². The lowest BCUT2D eigenvalue weighted by Crippen LogP contribution is -2.00. The van der Waals surface area contributed by atoms with E-state index in [1.807, 2.05) is 30.2 Å². The summed E-state index contributed by atoms with van der Waals surface area (Å²) < 4.78 is 13.7. The van der Waals surface area contributed by atoms with Crippen LogP contribution in [0.3, 0.4) is 0 Å². The molecule has 0 heterocycles. The van der Waals surface area contributed by atoms with E-state index in [0.717, 1.165) is 10.0 Å². The lowest BCUT2D eigenvalue weighted by atomic mass is 10.1. The van der Waals surface area contributed by atoms with Crippen LogP contribution in [0.1, 0.15) is 5.56 Å². The van der Waals surface area contributed by atoms with Crippen LogP contribution in [0.25, 0.3) is 0 Å². The third kappa shape index (κ3) is 2.67. The van der Waals surface area contributed by atoms with Crippen molar-refractivity contribution in [3.8, 4) is 12.3 Å². The largest absolute Gasteiger partial charge is 0.233 e. The van der Waals surface area contributed by atoms with E-state index in [-0.39, 0.29) is 0 Å². The maximum absolute atomic E-state index is 12.7. The minimum Gasteiger partial charge on any atom is -0.233 e. The Balaban J connectivity index is 2.66. The van der Waals surface area contributed by atoms with E-state index < -0.39 is 6.17 Å². The molecule has 0 nitrogen and oxygen atoms in total. The van der Waals surface area contributed by atoms with Crippen molar-refractivity contribution >= 4 is 15.9 Å². The monoisotopic (exact) mass is 226 g/mol. The zero-order valence-electron chi connectivity index (χ0n) is 6.43. The van der Waals surface area contributed by atoms with Crippen LogP contribution in [-0.4, -0.2) is 6.17 Å². The summed E-state index contributed by atoms with van der Waals surface area (Å²) in [5.41, 5.74) is 0.920. The van der Waals surface area contributed by atoms with Crippen molar-refractivity contribution in [2.75, 3.05) is 0 Å². The Bertz CT molecular complexity index is 284. The van der Waals surface area contributed by atoms with Crippen molar-refractivity contribution < 1.29 is 4.39 Å². The molecular weight excluding hydrogens is 219 g/mol. The van der Waals surface area contributed by atoms with Crippen molar-refractivity contribution in [3.05, 3.63) is 34.3 Å². The van der Waals surface area contributed by atoms with Crippen LogP contribution < -0.4 is 0 Å². The summed E-state index contributed by atoms with van der Waals surface area (Å²) >= 11 is 3.29. The maximum Gasteiger partial charge on any atom is 0.164 e. The van der Waals surface area contributed by atoms with Gasteiger partial charge in [-0.3, -0.25) is 0 Å². The van der Waals surface area contributed by atoms with Crippen LogP contribution in [-0.2, 0) is 6.42 Å². The predicted molar refractivity (Wildman–Crippen MR) is 51.6 cm³/mol. The van der Waals surface area contributed by atoms with Gasteiger partial charge in [-0.1, -0.05) is 34.0 Å². The summed E-state index contributed by atoms with van der Waals surface area (Å²) in [7, 11) is 0. The number of alkyl halides is 1. The molecule has 1 aromatic carbocycles. The molecule has 0 aliphatic rings. The van der Waals surface area contributed by atoms with Crippen LogP contribution in [0.4, 0.5) is 4.39 Å². The lowest BCUT2D eigenvalue weighted by Gasteiger charge is -2.00. The molecule has 12 heavy (non-hydrogen) atoms. The highest BCUT2D eigenvalue weighted by Gasteiger charge is 2.02. The molecule has 0 amide bonds. The molecule has 0 aliphatic carbocycles. The molecule has 62 valence electrons. The van der Waals surface area contributed by atoms with Crippen molar-refractivity contribution in [3.63, 3.8) is 0 Å². The van der Waals surface area contributed by atoms with Crippen molar-refractivity contribution in [2.45, 2.75) is 12.6 Å². The molecule has 0 bridgehead atoms. The summed E-state index contributed by atoms with van der Waals surface area (Å²) in [6, 6.07) is 7.46. The molecule has 1 aromatic rings. The lowest BCUT2D eigenvalue weighted by molar-refractivity contribution is 0.411. The summed E-state index contributed by atoms with van der Waals surface area (Å²) in [4.78, 5) is 0. The first-order valence-electron chi connectivity index (χ1n) is 3.57. The SMILES string of the molecule is C#C[C@@H](F)Cc1ccc(Br)cc1. The Morgan fingerprint density at radius 1 is 1.42 bits per heavy atom. The van der Waals surface area contributed by atoms with Crippen LogP contribution in [0, 0.1) is 12.3 Å². The molecule has 0 N–H and O–H groups in total. The fourth-order valence-electron chi connectivity index (χ4n) is 0.886. The first-order valence-corrected chi connectivity index (χ1v) is 4.36. The van der Waals surface area contributed by atoms with Crippen LogP contribution in [0.5, 0.6) is 0 Å². The number of rotatable bonds is 2. The topological polar surface area (TPSA) is 0 Å². The molecule has 0 saturated heterocycles. The van der Waals surface area contributed by atoms with E-state index in [1.165, 1.54) is 0 Å². The number of hydrogen-bond acceptors (Lipinski definition) is 0. The fraction of sp³-hybridized carbons (Fsp3) is 0.200. The van der Waals surface area contributed by atoms with E-state index in [0.29, 0.717) is 6.42 Å². The first kappa shape index (κ1) is 9.28. The molecule has 0 radical (unpaired) electrons. The molecule has 1 rings (SSSR count). The van der Waals surface area contributed by atoms with Gasteiger partial charge in [-0.25, -0.2) is 4.39 Å². The molecule has 0 unspecified atom stereocenters. The molecule has 0 saturated carbocycles. The summed E-state index contributed by atoms with van der Waals surface area (Å²) in [5.74, 6) is 2.05. The molecular formula is C10H8BrF. The Labute approximate surface area is 79.9 Å². The molecule has 0 aliphatic heterocycles. The molecule has 1 atom stereocenters. The van der Waals surface area contributed by atoms with Gasteiger partial charge in [0.1, 0.15) is 0 Å². The zero-order valence-corrected chi connectivity index (χ0v) is 8.01. The van der Waals surface area contributed by atoms with E-state index in [2.05, 4.69) is 15.9 Å². The van der Waals surface area contributed by atoms with Gasteiger partial charge < -0.3 is 0 Å². The Kier molecular flexibility index (Phi) is 3.31. The average molecular weight is 227 g/mol. The third-order valence-electron chi connectivity index (χ3n) is 1.51. The van der Waals surface area contributed by atoms with Crippen molar-refractivity contribution in [1.82, 2.24) is 0 Å². The van der Waals surface area contributed by atoms with Gasteiger partial charge in [0, 0.05) is 10.9 Å². The second-order valence-electron chi connectivity index (χ2n) is 2.46. The smallest absolute Gasteiger partial charge is 0.164 e. The minimum atomic E-state index is -1.17. The van der Waals surface area contributed by atoms with Crippen molar-refractivity contribution in [1.29, 1.82) is 0 Å². The molecule has 0 fully saturated rings.